The summed E-state index contributed by atoms with van der Waals surface area (Å²) in [4.78, 5) is -1.49. The minimum atomic E-state index is -3.67. The zero-order chi connectivity index (χ0) is 11.4. The molecule has 0 fully saturated rings. The molecule has 0 spiro atoms. The molecule has 0 amide bonds. The molecular weight excluding hydrogens is 253 g/mol. The molecule has 0 aliphatic rings. The van der Waals surface area contributed by atoms with Crippen LogP contribution in [0.3, 0.4) is 0 Å². The molecule has 0 unspecified atom stereocenters. The SMILES string of the molecule is COP(=O)(OC)C(Cl)P(=O)(OC)OC. The molecule has 0 aliphatic heterocycles. The summed E-state index contributed by atoms with van der Waals surface area (Å²) in [6.45, 7) is 0. The number of hydrogen-bond donors (Lipinski definition) is 0. The van der Waals surface area contributed by atoms with Gasteiger partial charge in [-0.05, 0) is 0 Å². The van der Waals surface area contributed by atoms with E-state index in [9.17, 15) is 9.13 Å². The van der Waals surface area contributed by atoms with Crippen molar-refractivity contribution in [3.05, 3.63) is 0 Å². The Bertz CT molecular complexity index is 227. The van der Waals surface area contributed by atoms with Gasteiger partial charge in [-0.3, -0.25) is 9.13 Å². The lowest BCUT2D eigenvalue weighted by atomic mass is 11.8. The first-order valence-corrected chi connectivity index (χ1v) is 7.12. The van der Waals surface area contributed by atoms with E-state index >= 15 is 0 Å². The average molecular weight is 267 g/mol. The Balaban J connectivity index is 5.01. The van der Waals surface area contributed by atoms with E-state index in [1.54, 1.807) is 0 Å². The summed E-state index contributed by atoms with van der Waals surface area (Å²) in [5.41, 5.74) is 0. The van der Waals surface area contributed by atoms with Crippen molar-refractivity contribution in [1.29, 1.82) is 0 Å². The topological polar surface area (TPSA) is 71.1 Å². The predicted molar refractivity (Wildman–Crippen MR) is 52.9 cm³/mol. The Hall–Kier alpha value is 0.590. The molecule has 0 atom stereocenters. The highest BCUT2D eigenvalue weighted by atomic mass is 35.5. The number of rotatable bonds is 6. The van der Waals surface area contributed by atoms with Crippen LogP contribution in [0.1, 0.15) is 0 Å². The van der Waals surface area contributed by atoms with Gasteiger partial charge >= 0.3 is 15.2 Å². The Morgan fingerprint density at radius 2 is 1.07 bits per heavy atom. The van der Waals surface area contributed by atoms with Crippen molar-refractivity contribution in [2.45, 2.75) is 4.86 Å². The van der Waals surface area contributed by atoms with E-state index in [1.807, 2.05) is 0 Å². The fraction of sp³-hybridized carbons (Fsp3) is 1.00. The van der Waals surface area contributed by atoms with Crippen LogP contribution < -0.4 is 0 Å². The second kappa shape index (κ2) is 5.61. The van der Waals surface area contributed by atoms with E-state index < -0.39 is 20.1 Å². The van der Waals surface area contributed by atoms with Gasteiger partial charge in [0.1, 0.15) is 0 Å². The molecule has 6 nitrogen and oxygen atoms in total. The maximum atomic E-state index is 11.7. The summed E-state index contributed by atoms with van der Waals surface area (Å²) in [7, 11) is -2.81. The molecule has 9 heteroatoms. The second-order valence-electron chi connectivity index (χ2n) is 2.12. The molecule has 0 radical (unpaired) electrons. The summed E-state index contributed by atoms with van der Waals surface area (Å²) in [5.74, 6) is 0. The van der Waals surface area contributed by atoms with Crippen LogP contribution >= 0.6 is 26.8 Å². The van der Waals surface area contributed by atoms with E-state index in [0.717, 1.165) is 28.4 Å². The average Bonchev–Trinajstić information content (AvgIpc) is 2.25. The normalized spacial score (nSPS) is 13.6. The first-order valence-electron chi connectivity index (χ1n) is 3.46. The molecule has 0 bridgehead atoms. The molecule has 0 rings (SSSR count). The van der Waals surface area contributed by atoms with Gasteiger partial charge in [-0.2, -0.15) is 0 Å². The largest absolute Gasteiger partial charge is 0.360 e. The third-order valence-corrected chi connectivity index (χ3v) is 7.75. The molecule has 14 heavy (non-hydrogen) atoms. The van der Waals surface area contributed by atoms with E-state index in [0.29, 0.717) is 0 Å². The minimum Gasteiger partial charge on any atom is -0.310 e. The summed E-state index contributed by atoms with van der Waals surface area (Å²) in [5, 5.41) is 0. The van der Waals surface area contributed by atoms with E-state index in [4.69, 9.17) is 11.6 Å². The van der Waals surface area contributed by atoms with Crippen LogP contribution in [0.15, 0.2) is 0 Å². The van der Waals surface area contributed by atoms with Crippen molar-refractivity contribution in [2.75, 3.05) is 28.4 Å². The summed E-state index contributed by atoms with van der Waals surface area (Å²) < 4.78 is 41.7. The third-order valence-electron chi connectivity index (χ3n) is 1.54. The lowest BCUT2D eigenvalue weighted by Gasteiger charge is -2.23. The summed E-state index contributed by atoms with van der Waals surface area (Å²) in [6.07, 6.45) is 0. The standard InChI is InChI=1S/C5H13ClO6P2/c1-9-13(7,10-2)5(6)14(8,11-3)12-4/h5H,1-4H3. The maximum Gasteiger partial charge on any atom is 0.360 e. The fourth-order valence-corrected chi connectivity index (χ4v) is 5.14. The van der Waals surface area contributed by atoms with Gasteiger partial charge in [-0.25, -0.2) is 0 Å². The van der Waals surface area contributed by atoms with Crippen molar-refractivity contribution >= 4 is 26.8 Å². The Labute approximate surface area is 87.9 Å². The van der Waals surface area contributed by atoms with E-state index in [1.165, 1.54) is 0 Å². The molecule has 0 aromatic carbocycles. The van der Waals surface area contributed by atoms with Crippen LogP contribution in [0.2, 0.25) is 0 Å². The van der Waals surface area contributed by atoms with Gasteiger partial charge in [-0.15, -0.1) is 0 Å². The van der Waals surface area contributed by atoms with Gasteiger partial charge in [0.25, 0.3) is 0 Å². The minimum absolute atomic E-state index is 1.13. The van der Waals surface area contributed by atoms with Crippen molar-refractivity contribution in [3.63, 3.8) is 0 Å². The van der Waals surface area contributed by atoms with Crippen molar-refractivity contribution in [3.8, 4) is 0 Å². The van der Waals surface area contributed by atoms with E-state index in [2.05, 4.69) is 18.1 Å². The highest BCUT2D eigenvalue weighted by Gasteiger charge is 2.48. The lowest BCUT2D eigenvalue weighted by Crippen LogP contribution is -2.07. The molecule has 0 aromatic heterocycles. The monoisotopic (exact) mass is 266 g/mol. The predicted octanol–water partition coefficient (Wildman–Crippen LogP) is 2.48. The smallest absolute Gasteiger partial charge is 0.310 e. The number of alkyl halides is 1. The maximum absolute atomic E-state index is 11.7. The van der Waals surface area contributed by atoms with Gasteiger partial charge in [0.2, 0.25) is 4.86 Å². The van der Waals surface area contributed by atoms with Gasteiger partial charge < -0.3 is 18.1 Å². The van der Waals surface area contributed by atoms with Gasteiger partial charge in [0.05, 0.1) is 0 Å². The van der Waals surface area contributed by atoms with Crippen LogP contribution in [-0.4, -0.2) is 33.3 Å². The fourth-order valence-electron chi connectivity index (χ4n) is 0.670. The molecule has 86 valence electrons. The highest BCUT2D eigenvalue weighted by molar-refractivity contribution is 7.75. The van der Waals surface area contributed by atoms with Gasteiger partial charge in [0, 0.05) is 28.4 Å². The summed E-state index contributed by atoms with van der Waals surface area (Å²) >= 11 is 5.67. The Kier molecular flexibility index (Phi) is 5.85. The molecule has 0 heterocycles. The van der Waals surface area contributed by atoms with Crippen molar-refractivity contribution < 1.29 is 27.2 Å². The molecule has 0 saturated carbocycles. The van der Waals surface area contributed by atoms with Crippen LogP contribution in [0.25, 0.3) is 0 Å². The Morgan fingerprint density at radius 3 is 1.21 bits per heavy atom. The van der Waals surface area contributed by atoms with Crippen molar-refractivity contribution in [1.82, 2.24) is 0 Å². The number of halogens is 1. The highest BCUT2D eigenvalue weighted by Crippen LogP contribution is 2.70. The quantitative estimate of drug-likeness (QED) is 0.543. The van der Waals surface area contributed by atoms with Crippen LogP contribution in [0, 0.1) is 0 Å². The molecule has 0 aliphatic carbocycles. The molecule has 0 N–H and O–H groups in total. The molecular formula is C5H13ClO6P2. The van der Waals surface area contributed by atoms with Crippen molar-refractivity contribution in [2.24, 2.45) is 0 Å². The third kappa shape index (κ3) is 2.80. The number of hydrogen-bond acceptors (Lipinski definition) is 6. The van der Waals surface area contributed by atoms with Crippen LogP contribution in [0.4, 0.5) is 0 Å². The van der Waals surface area contributed by atoms with Gasteiger partial charge in [-0.1, -0.05) is 11.6 Å². The zero-order valence-electron chi connectivity index (χ0n) is 8.30. The molecule has 0 aromatic rings. The van der Waals surface area contributed by atoms with E-state index in [-0.39, 0.29) is 0 Å². The molecule has 0 saturated heterocycles. The van der Waals surface area contributed by atoms with Crippen LogP contribution in [-0.2, 0) is 27.2 Å². The van der Waals surface area contributed by atoms with Gasteiger partial charge in [0.15, 0.2) is 0 Å². The first kappa shape index (κ1) is 14.6. The zero-order valence-corrected chi connectivity index (χ0v) is 10.8. The van der Waals surface area contributed by atoms with Crippen LogP contribution in [0.5, 0.6) is 0 Å². The summed E-state index contributed by atoms with van der Waals surface area (Å²) in [6, 6.07) is 0. The second-order valence-corrected chi connectivity index (χ2v) is 8.23. The Morgan fingerprint density at radius 1 is 0.857 bits per heavy atom. The first-order chi connectivity index (χ1) is 6.40. The lowest BCUT2D eigenvalue weighted by molar-refractivity contribution is 0.256.